The largest absolute Gasteiger partial charge is 0.324 e. The lowest BCUT2D eigenvalue weighted by molar-refractivity contribution is 0.427. The minimum atomic E-state index is -0.186. The van der Waals surface area contributed by atoms with Gasteiger partial charge in [0.1, 0.15) is 5.82 Å². The third-order valence-electron chi connectivity index (χ3n) is 3.48. The smallest absolute Gasteiger partial charge is 0.123 e. The third kappa shape index (κ3) is 2.37. The molecule has 82 valence electrons. The van der Waals surface area contributed by atoms with E-state index in [9.17, 15) is 4.39 Å². The molecule has 1 nitrogen and oxygen atoms in total. The predicted octanol–water partition coefficient (Wildman–Crippen LogP) is 3.26. The molecule has 2 rings (SSSR count). The molecule has 0 bridgehead atoms. The topological polar surface area (TPSA) is 26.0 Å². The van der Waals surface area contributed by atoms with E-state index >= 15 is 0 Å². The highest BCUT2D eigenvalue weighted by molar-refractivity contribution is 5.20. The van der Waals surface area contributed by atoms with Gasteiger partial charge in [-0.05, 0) is 42.4 Å². The van der Waals surface area contributed by atoms with Crippen molar-refractivity contribution in [1.29, 1.82) is 0 Å². The highest BCUT2D eigenvalue weighted by Gasteiger charge is 2.27. The van der Waals surface area contributed by atoms with E-state index in [1.165, 1.54) is 25.3 Å². The summed E-state index contributed by atoms with van der Waals surface area (Å²) in [5, 5.41) is 0. The molecular formula is C13H18FN. The number of halogens is 1. The second kappa shape index (κ2) is 4.31. The zero-order valence-corrected chi connectivity index (χ0v) is 9.12. The quantitative estimate of drug-likeness (QED) is 0.791. The number of hydrogen-bond acceptors (Lipinski definition) is 1. The molecule has 0 saturated heterocycles. The molecule has 1 aromatic carbocycles. The van der Waals surface area contributed by atoms with Crippen LogP contribution in [-0.4, -0.2) is 0 Å². The van der Waals surface area contributed by atoms with Crippen LogP contribution < -0.4 is 5.73 Å². The maximum absolute atomic E-state index is 13.0. The minimum Gasteiger partial charge on any atom is -0.324 e. The Hall–Kier alpha value is -0.890. The zero-order chi connectivity index (χ0) is 10.8. The van der Waals surface area contributed by atoms with E-state index in [0.717, 1.165) is 11.5 Å². The summed E-state index contributed by atoms with van der Waals surface area (Å²) in [6.45, 7) is 2.26. The van der Waals surface area contributed by atoms with Gasteiger partial charge in [0.15, 0.2) is 0 Å². The van der Waals surface area contributed by atoms with Crippen molar-refractivity contribution in [2.45, 2.75) is 32.2 Å². The van der Waals surface area contributed by atoms with E-state index in [2.05, 4.69) is 6.92 Å². The van der Waals surface area contributed by atoms with Crippen LogP contribution in [0.1, 0.15) is 37.8 Å². The molecular weight excluding hydrogens is 189 g/mol. The Labute approximate surface area is 90.5 Å². The van der Waals surface area contributed by atoms with E-state index in [1.54, 1.807) is 12.1 Å². The third-order valence-corrected chi connectivity index (χ3v) is 3.48. The molecule has 1 fully saturated rings. The summed E-state index contributed by atoms with van der Waals surface area (Å²) in [6.07, 6.45) is 3.62. The number of benzene rings is 1. The molecule has 0 aliphatic heterocycles. The molecule has 1 aliphatic rings. The average molecular weight is 207 g/mol. The Morgan fingerprint density at radius 3 is 2.80 bits per heavy atom. The van der Waals surface area contributed by atoms with Crippen LogP contribution in [0.25, 0.3) is 0 Å². The Balaban J connectivity index is 2.10. The van der Waals surface area contributed by atoms with Gasteiger partial charge in [-0.25, -0.2) is 4.39 Å². The van der Waals surface area contributed by atoms with E-state index in [0.29, 0.717) is 5.92 Å². The molecule has 2 N–H and O–H groups in total. The fraction of sp³-hybridized carbons (Fsp3) is 0.538. The molecule has 0 radical (unpaired) electrons. The molecule has 0 aromatic heterocycles. The maximum Gasteiger partial charge on any atom is 0.123 e. The van der Waals surface area contributed by atoms with Gasteiger partial charge in [-0.3, -0.25) is 0 Å². The highest BCUT2D eigenvalue weighted by Crippen LogP contribution is 2.37. The molecule has 1 aliphatic carbocycles. The summed E-state index contributed by atoms with van der Waals surface area (Å²) in [7, 11) is 0. The Morgan fingerprint density at radius 2 is 2.20 bits per heavy atom. The summed E-state index contributed by atoms with van der Waals surface area (Å²) in [4.78, 5) is 0. The standard InChI is InChI=1S/C13H18FN/c1-9-5-6-11(7-9)13(15)10-3-2-4-12(14)8-10/h2-4,8-9,11,13H,5-7,15H2,1H3. The second-order valence-electron chi connectivity index (χ2n) is 4.76. The lowest BCUT2D eigenvalue weighted by Gasteiger charge is -2.19. The van der Waals surface area contributed by atoms with Crippen LogP contribution in [0.5, 0.6) is 0 Å². The van der Waals surface area contributed by atoms with Gasteiger partial charge >= 0.3 is 0 Å². The van der Waals surface area contributed by atoms with Gasteiger partial charge in [0.05, 0.1) is 0 Å². The normalized spacial score (nSPS) is 27.9. The Bertz CT molecular complexity index is 337. The van der Waals surface area contributed by atoms with Crippen LogP contribution in [0.15, 0.2) is 24.3 Å². The van der Waals surface area contributed by atoms with Gasteiger partial charge in [0.2, 0.25) is 0 Å². The monoisotopic (exact) mass is 207 g/mol. The first kappa shape index (κ1) is 10.6. The van der Waals surface area contributed by atoms with Crippen molar-refractivity contribution >= 4 is 0 Å². The number of hydrogen-bond donors (Lipinski definition) is 1. The summed E-state index contributed by atoms with van der Waals surface area (Å²) < 4.78 is 13.0. The Morgan fingerprint density at radius 1 is 1.40 bits per heavy atom. The lowest BCUT2D eigenvalue weighted by Crippen LogP contribution is -2.19. The lowest BCUT2D eigenvalue weighted by atomic mass is 9.92. The van der Waals surface area contributed by atoms with E-state index in [-0.39, 0.29) is 11.9 Å². The minimum absolute atomic E-state index is 0.00523. The zero-order valence-electron chi connectivity index (χ0n) is 9.12. The van der Waals surface area contributed by atoms with E-state index < -0.39 is 0 Å². The molecule has 0 amide bonds. The van der Waals surface area contributed by atoms with Crippen LogP contribution in [0.2, 0.25) is 0 Å². The first-order valence-corrected chi connectivity index (χ1v) is 5.68. The molecule has 0 heterocycles. The molecule has 0 spiro atoms. The number of rotatable bonds is 2. The first-order valence-electron chi connectivity index (χ1n) is 5.68. The van der Waals surface area contributed by atoms with Gasteiger partial charge in [0.25, 0.3) is 0 Å². The molecule has 3 atom stereocenters. The fourth-order valence-corrected chi connectivity index (χ4v) is 2.56. The maximum atomic E-state index is 13.0. The molecule has 1 saturated carbocycles. The van der Waals surface area contributed by atoms with Crippen molar-refractivity contribution < 1.29 is 4.39 Å². The summed E-state index contributed by atoms with van der Waals surface area (Å²) >= 11 is 0. The van der Waals surface area contributed by atoms with Gasteiger partial charge < -0.3 is 5.73 Å². The Kier molecular flexibility index (Phi) is 3.06. The summed E-state index contributed by atoms with van der Waals surface area (Å²) in [6, 6.07) is 6.70. The van der Waals surface area contributed by atoms with Crippen molar-refractivity contribution in [3.05, 3.63) is 35.6 Å². The van der Waals surface area contributed by atoms with Crippen LogP contribution in [0.4, 0.5) is 4.39 Å². The molecule has 15 heavy (non-hydrogen) atoms. The molecule has 1 aromatic rings. The van der Waals surface area contributed by atoms with Crippen molar-refractivity contribution in [3.8, 4) is 0 Å². The van der Waals surface area contributed by atoms with Crippen molar-refractivity contribution in [2.24, 2.45) is 17.6 Å². The highest BCUT2D eigenvalue weighted by atomic mass is 19.1. The van der Waals surface area contributed by atoms with Gasteiger partial charge in [-0.15, -0.1) is 0 Å². The average Bonchev–Trinajstić information content (AvgIpc) is 2.64. The summed E-state index contributed by atoms with van der Waals surface area (Å²) in [5.74, 6) is 1.12. The van der Waals surface area contributed by atoms with Crippen LogP contribution >= 0.6 is 0 Å². The van der Waals surface area contributed by atoms with Gasteiger partial charge in [0, 0.05) is 6.04 Å². The van der Waals surface area contributed by atoms with E-state index in [1.807, 2.05) is 6.07 Å². The number of nitrogens with two attached hydrogens (primary N) is 1. The van der Waals surface area contributed by atoms with Gasteiger partial charge in [-0.2, -0.15) is 0 Å². The van der Waals surface area contributed by atoms with Crippen molar-refractivity contribution in [2.75, 3.05) is 0 Å². The molecule has 2 heteroatoms. The predicted molar refractivity (Wildman–Crippen MR) is 59.8 cm³/mol. The van der Waals surface area contributed by atoms with Crippen LogP contribution in [-0.2, 0) is 0 Å². The fourth-order valence-electron chi connectivity index (χ4n) is 2.56. The van der Waals surface area contributed by atoms with Crippen molar-refractivity contribution in [3.63, 3.8) is 0 Å². The van der Waals surface area contributed by atoms with Gasteiger partial charge in [-0.1, -0.05) is 25.5 Å². The van der Waals surface area contributed by atoms with Crippen molar-refractivity contribution in [1.82, 2.24) is 0 Å². The first-order chi connectivity index (χ1) is 7.16. The van der Waals surface area contributed by atoms with Crippen LogP contribution in [0.3, 0.4) is 0 Å². The SMILES string of the molecule is CC1CCC(C(N)c2cccc(F)c2)C1. The van der Waals surface area contributed by atoms with Crippen LogP contribution in [0, 0.1) is 17.7 Å². The molecule has 3 unspecified atom stereocenters. The summed E-state index contributed by atoms with van der Waals surface area (Å²) in [5.41, 5.74) is 7.10. The second-order valence-corrected chi connectivity index (χ2v) is 4.76. The van der Waals surface area contributed by atoms with E-state index in [4.69, 9.17) is 5.73 Å².